The topological polar surface area (TPSA) is 93.1 Å². The number of fused-ring (bicyclic) bond motifs is 3. The Balaban J connectivity index is 1.15. The van der Waals surface area contributed by atoms with Gasteiger partial charge in [0.1, 0.15) is 6.04 Å². The lowest BCUT2D eigenvalue weighted by atomic mass is 9.69. The van der Waals surface area contributed by atoms with Gasteiger partial charge in [-0.15, -0.1) is 11.8 Å². The second kappa shape index (κ2) is 11.9. The number of thioether (sulfide) groups is 1. The van der Waals surface area contributed by atoms with E-state index < -0.39 is 35.4 Å². The number of hydrogen-bond donors (Lipinski definition) is 2. The number of benzene rings is 1. The lowest BCUT2D eigenvalue weighted by molar-refractivity contribution is -0.150. The first-order valence-electron chi connectivity index (χ1n) is 15.2. The third-order valence-corrected chi connectivity index (χ3v) is 11.6. The molecular weight excluding hydrogens is 565 g/mol. The van der Waals surface area contributed by atoms with Crippen LogP contribution in [0.25, 0.3) is 10.9 Å². The summed E-state index contributed by atoms with van der Waals surface area (Å²) in [4.78, 5) is 41.9. The minimum absolute atomic E-state index is 0.0545. The van der Waals surface area contributed by atoms with Crippen LogP contribution in [0.2, 0.25) is 0 Å². The van der Waals surface area contributed by atoms with Crippen molar-refractivity contribution < 1.29 is 22.8 Å². The number of nitrogens with one attached hydrogen (secondary N) is 2. The van der Waals surface area contributed by atoms with Crippen LogP contribution in [0.4, 0.5) is 13.2 Å². The Kier molecular flexibility index (Phi) is 8.83. The second-order valence-corrected chi connectivity index (χ2v) is 14.1. The molecule has 2 bridgehead atoms. The minimum atomic E-state index is -4.95. The standard InChI is InChI=1S/C31H41F3N4O3S/c1-29(2)19-14-15-30(29,3)23(18-19)35-16-7-5-4-6-8-17-42-22-11-9-10-20-25(22)27(41)38(28(36-20)31(32,33)34)21-12-13-24(39)37-26(21)40/h9-11,19,21,23,35H,4-8,12-18H2,1-3H3,(H,37,39,40)/t19-,21+,23+,30+/m1/s1. The quantitative estimate of drug-likeness (QED) is 0.179. The van der Waals surface area contributed by atoms with E-state index in [4.69, 9.17) is 0 Å². The van der Waals surface area contributed by atoms with E-state index in [2.05, 4.69) is 31.1 Å². The monoisotopic (exact) mass is 606 g/mol. The SMILES string of the molecule is CC1(C)[C@@H]2CC[C@@]1(C)[C@@H](NCCCCCCCSc1cccc3nc(C(F)(F)F)n([C@H]4CCC(=O)NC4=O)c(=O)c13)C2. The summed E-state index contributed by atoms with van der Waals surface area (Å²) in [5.74, 6) is -1.37. The zero-order valence-corrected chi connectivity index (χ0v) is 25.4. The van der Waals surface area contributed by atoms with Crippen molar-refractivity contribution in [1.29, 1.82) is 0 Å². The van der Waals surface area contributed by atoms with Crippen molar-refractivity contribution in [3.8, 4) is 0 Å². The van der Waals surface area contributed by atoms with Crippen LogP contribution in [0.5, 0.6) is 0 Å². The van der Waals surface area contributed by atoms with E-state index in [0.717, 1.165) is 44.6 Å². The number of halogens is 3. The Labute approximate surface area is 248 Å². The van der Waals surface area contributed by atoms with Crippen LogP contribution in [0, 0.1) is 16.7 Å². The highest BCUT2D eigenvalue weighted by Gasteiger charge is 2.60. The lowest BCUT2D eigenvalue weighted by Crippen LogP contribution is -2.46. The number of piperidine rings is 1. The fourth-order valence-electron chi connectivity index (χ4n) is 7.48. The van der Waals surface area contributed by atoms with Crippen LogP contribution in [0.15, 0.2) is 27.9 Å². The predicted octanol–water partition coefficient (Wildman–Crippen LogP) is 6.24. The van der Waals surface area contributed by atoms with Gasteiger partial charge in [-0.1, -0.05) is 46.1 Å². The molecule has 11 heteroatoms. The molecular formula is C31H41F3N4O3S. The Morgan fingerprint density at radius 1 is 1.07 bits per heavy atom. The second-order valence-electron chi connectivity index (χ2n) is 13.0. The van der Waals surface area contributed by atoms with Crippen molar-refractivity contribution in [2.24, 2.45) is 16.7 Å². The number of rotatable bonds is 11. The average Bonchev–Trinajstić information content (AvgIpc) is 3.25. The van der Waals surface area contributed by atoms with Crippen LogP contribution >= 0.6 is 11.8 Å². The van der Waals surface area contributed by atoms with Crippen LogP contribution in [-0.4, -0.2) is 39.7 Å². The molecule has 0 spiro atoms. The normalized spacial score (nSPS) is 27.1. The molecule has 1 aliphatic heterocycles. The summed E-state index contributed by atoms with van der Waals surface area (Å²) in [5, 5.41) is 5.97. The number of alkyl halides is 3. The van der Waals surface area contributed by atoms with E-state index in [-0.39, 0.29) is 23.7 Å². The zero-order chi connectivity index (χ0) is 30.3. The van der Waals surface area contributed by atoms with Crippen LogP contribution in [-0.2, 0) is 15.8 Å². The zero-order valence-electron chi connectivity index (χ0n) is 24.6. The van der Waals surface area contributed by atoms with Gasteiger partial charge in [0.05, 0.1) is 10.9 Å². The Hall–Kier alpha value is -2.40. The average molecular weight is 607 g/mol. The number of carbonyl (C=O) groups is 2. The summed E-state index contributed by atoms with van der Waals surface area (Å²) in [6.07, 6.45) is 4.02. The van der Waals surface area contributed by atoms with Gasteiger partial charge in [-0.25, -0.2) is 4.98 Å². The Bertz CT molecular complexity index is 1410. The molecule has 1 saturated heterocycles. The van der Waals surface area contributed by atoms with Crippen LogP contribution in [0.3, 0.4) is 0 Å². The molecule has 3 fully saturated rings. The van der Waals surface area contributed by atoms with Gasteiger partial charge in [-0.05, 0) is 79.7 Å². The highest BCUT2D eigenvalue weighted by Crippen LogP contribution is 2.65. The molecule has 2 aromatic rings. The maximum absolute atomic E-state index is 13.9. The summed E-state index contributed by atoms with van der Waals surface area (Å²) in [6, 6.07) is 3.86. The molecule has 0 radical (unpaired) electrons. The molecule has 7 nitrogen and oxygen atoms in total. The first kappa shape index (κ1) is 31.0. The Morgan fingerprint density at radius 2 is 1.81 bits per heavy atom. The van der Waals surface area contributed by atoms with Gasteiger partial charge < -0.3 is 5.32 Å². The summed E-state index contributed by atoms with van der Waals surface area (Å²) in [7, 11) is 0. The predicted molar refractivity (Wildman–Crippen MR) is 157 cm³/mol. The highest BCUT2D eigenvalue weighted by atomic mass is 32.2. The molecule has 5 rings (SSSR count). The van der Waals surface area contributed by atoms with Gasteiger partial charge >= 0.3 is 6.18 Å². The van der Waals surface area contributed by atoms with Crippen molar-refractivity contribution in [3.63, 3.8) is 0 Å². The molecule has 1 aromatic carbocycles. The van der Waals surface area contributed by atoms with Gasteiger partial charge in [0, 0.05) is 17.4 Å². The first-order valence-corrected chi connectivity index (χ1v) is 16.2. The Morgan fingerprint density at radius 3 is 2.48 bits per heavy atom. The summed E-state index contributed by atoms with van der Waals surface area (Å²) < 4.78 is 42.3. The van der Waals surface area contributed by atoms with Gasteiger partial charge in [-0.3, -0.25) is 24.3 Å². The lowest BCUT2D eigenvalue weighted by Gasteiger charge is -2.39. The van der Waals surface area contributed by atoms with E-state index in [1.54, 1.807) is 12.1 Å². The van der Waals surface area contributed by atoms with E-state index in [1.165, 1.54) is 37.1 Å². The number of amides is 2. The fraction of sp³-hybridized carbons (Fsp3) is 0.677. The molecule has 2 amide bonds. The molecule has 4 atom stereocenters. The molecule has 230 valence electrons. The number of hydrogen-bond acceptors (Lipinski definition) is 6. The van der Waals surface area contributed by atoms with E-state index >= 15 is 0 Å². The number of imide groups is 1. The van der Waals surface area contributed by atoms with Crippen molar-refractivity contribution in [1.82, 2.24) is 20.2 Å². The number of unbranched alkanes of at least 4 members (excludes halogenated alkanes) is 4. The molecule has 2 saturated carbocycles. The van der Waals surface area contributed by atoms with Crippen molar-refractivity contribution >= 4 is 34.5 Å². The molecule has 3 aliphatic rings. The van der Waals surface area contributed by atoms with E-state index in [1.807, 2.05) is 5.32 Å². The molecule has 2 aliphatic carbocycles. The first-order chi connectivity index (χ1) is 19.8. The third-order valence-electron chi connectivity index (χ3n) is 10.4. The van der Waals surface area contributed by atoms with Crippen molar-refractivity contribution in [2.75, 3.05) is 12.3 Å². The van der Waals surface area contributed by atoms with Gasteiger partial charge in [0.2, 0.25) is 17.6 Å². The van der Waals surface area contributed by atoms with Crippen molar-refractivity contribution in [2.45, 2.75) is 108 Å². The maximum atomic E-state index is 13.9. The fourth-order valence-corrected chi connectivity index (χ4v) is 8.56. The number of carbonyl (C=O) groups excluding carboxylic acids is 2. The smallest absolute Gasteiger partial charge is 0.313 e. The number of nitrogens with zero attached hydrogens (tertiary/aromatic N) is 2. The summed E-state index contributed by atoms with van der Waals surface area (Å²) in [6.45, 7) is 8.38. The molecule has 2 N–H and O–H groups in total. The van der Waals surface area contributed by atoms with E-state index in [9.17, 15) is 27.6 Å². The van der Waals surface area contributed by atoms with E-state index in [0.29, 0.717) is 32.1 Å². The number of aromatic nitrogens is 2. The van der Waals surface area contributed by atoms with Gasteiger partial charge in [-0.2, -0.15) is 13.2 Å². The summed E-state index contributed by atoms with van der Waals surface area (Å²) >= 11 is 1.42. The molecule has 1 aromatic heterocycles. The van der Waals surface area contributed by atoms with Crippen molar-refractivity contribution in [3.05, 3.63) is 34.4 Å². The van der Waals surface area contributed by atoms with Crippen LogP contribution < -0.4 is 16.2 Å². The third kappa shape index (κ3) is 5.75. The largest absolute Gasteiger partial charge is 0.449 e. The van der Waals surface area contributed by atoms with Gasteiger partial charge in [0.15, 0.2) is 0 Å². The molecule has 0 unspecified atom stereocenters. The minimum Gasteiger partial charge on any atom is -0.313 e. The highest BCUT2D eigenvalue weighted by molar-refractivity contribution is 7.99. The van der Waals surface area contributed by atoms with Gasteiger partial charge in [0.25, 0.3) is 5.56 Å². The molecule has 42 heavy (non-hydrogen) atoms. The van der Waals surface area contributed by atoms with Crippen LogP contribution in [0.1, 0.15) is 96.8 Å². The molecule has 2 heterocycles. The summed E-state index contributed by atoms with van der Waals surface area (Å²) in [5.41, 5.74) is -0.154. The maximum Gasteiger partial charge on any atom is 0.449 e.